The smallest absolute Gasteiger partial charge is 0.303 e. The Morgan fingerprint density at radius 3 is 1.17 bits per heavy atom. The standard InChI is InChI=1S/C20H38O4/c1-19(2,15-17(21)22)13-11-9-7-5-6-8-10-12-14-20(3,4)16-18(23)24/h5-16H2,1-4H3,(H,21,22)(H,23,24)/i15D2,16D2. The number of carboxylic acids is 2. The summed E-state index contributed by atoms with van der Waals surface area (Å²) in [5.41, 5.74) is -1.79. The minimum Gasteiger partial charge on any atom is -0.481 e. The molecule has 0 saturated heterocycles. The second-order valence-corrected chi connectivity index (χ2v) is 7.96. The molecule has 0 saturated carbocycles. The fourth-order valence-corrected chi connectivity index (χ4v) is 2.90. The van der Waals surface area contributed by atoms with Gasteiger partial charge in [-0.15, -0.1) is 0 Å². The lowest BCUT2D eigenvalue weighted by Crippen LogP contribution is -2.16. The van der Waals surface area contributed by atoms with E-state index < -0.39 is 35.5 Å². The molecule has 0 aromatic rings. The average molecular weight is 347 g/mol. The highest BCUT2D eigenvalue weighted by atomic mass is 16.4. The summed E-state index contributed by atoms with van der Waals surface area (Å²) >= 11 is 0. The summed E-state index contributed by atoms with van der Waals surface area (Å²) in [6, 6.07) is 0. The molecule has 0 aromatic heterocycles. The maximum atomic E-state index is 11.1. The van der Waals surface area contributed by atoms with Crippen molar-refractivity contribution < 1.29 is 25.3 Å². The third-order valence-corrected chi connectivity index (χ3v) is 4.24. The van der Waals surface area contributed by atoms with Crippen molar-refractivity contribution in [1.82, 2.24) is 0 Å². The maximum absolute atomic E-state index is 11.1. The van der Waals surface area contributed by atoms with Gasteiger partial charge in [0.2, 0.25) is 0 Å². The van der Waals surface area contributed by atoms with Crippen LogP contribution < -0.4 is 0 Å². The molecule has 4 nitrogen and oxygen atoms in total. The van der Waals surface area contributed by atoms with E-state index in [0.717, 1.165) is 51.4 Å². The van der Waals surface area contributed by atoms with Gasteiger partial charge in [-0.25, -0.2) is 0 Å². The molecule has 0 aliphatic rings. The summed E-state index contributed by atoms with van der Waals surface area (Å²) in [4.78, 5) is 22.1. The number of unbranched alkanes of at least 4 members (excludes halogenated alkanes) is 7. The molecule has 4 heteroatoms. The number of carbonyl (C=O) groups is 2. The Hall–Kier alpha value is -1.06. The zero-order valence-corrected chi connectivity index (χ0v) is 15.8. The van der Waals surface area contributed by atoms with Crippen molar-refractivity contribution in [3.05, 3.63) is 0 Å². The maximum Gasteiger partial charge on any atom is 0.303 e. The monoisotopic (exact) mass is 346 g/mol. The Kier molecular flexibility index (Phi) is 7.85. The summed E-state index contributed by atoms with van der Waals surface area (Å²) < 4.78 is 30.8. The van der Waals surface area contributed by atoms with Crippen LogP contribution in [0.1, 0.15) is 110 Å². The molecule has 0 atom stereocenters. The van der Waals surface area contributed by atoms with Gasteiger partial charge in [-0.1, -0.05) is 79.1 Å². The Labute approximate surface area is 153 Å². The quantitative estimate of drug-likeness (QED) is 0.363. The van der Waals surface area contributed by atoms with Crippen LogP contribution in [-0.2, 0) is 9.59 Å². The van der Waals surface area contributed by atoms with E-state index in [2.05, 4.69) is 0 Å². The van der Waals surface area contributed by atoms with Gasteiger partial charge < -0.3 is 10.2 Å². The van der Waals surface area contributed by atoms with Crippen molar-refractivity contribution in [2.45, 2.75) is 105 Å². The Morgan fingerprint density at radius 2 is 0.917 bits per heavy atom. The highest BCUT2D eigenvalue weighted by Crippen LogP contribution is 2.29. The number of carboxylic acid groups (broad SMARTS) is 2. The molecule has 0 spiro atoms. The molecule has 0 bridgehead atoms. The minimum atomic E-state index is -2.23. The van der Waals surface area contributed by atoms with Gasteiger partial charge in [0, 0.05) is 5.48 Å². The molecule has 0 radical (unpaired) electrons. The molecule has 0 aliphatic carbocycles. The first-order valence-corrected chi connectivity index (χ1v) is 9.06. The van der Waals surface area contributed by atoms with Gasteiger partial charge in [0.25, 0.3) is 0 Å². The van der Waals surface area contributed by atoms with Crippen LogP contribution in [0.5, 0.6) is 0 Å². The lowest BCUT2D eigenvalue weighted by atomic mass is 9.83. The van der Waals surface area contributed by atoms with E-state index in [1.54, 1.807) is 27.7 Å². The van der Waals surface area contributed by atoms with Crippen LogP contribution >= 0.6 is 0 Å². The zero-order valence-electron chi connectivity index (χ0n) is 19.8. The molecular weight excluding hydrogens is 304 g/mol. The Balaban J connectivity index is 3.90. The molecule has 0 aliphatic heterocycles. The summed E-state index contributed by atoms with van der Waals surface area (Å²) in [7, 11) is 0. The normalized spacial score (nSPS) is 16.0. The van der Waals surface area contributed by atoms with Gasteiger partial charge in [0.05, 0.1) is 12.7 Å². The van der Waals surface area contributed by atoms with Crippen LogP contribution in [0, 0.1) is 10.8 Å². The van der Waals surface area contributed by atoms with Gasteiger partial charge in [-0.05, 0) is 23.7 Å². The molecule has 24 heavy (non-hydrogen) atoms. The van der Waals surface area contributed by atoms with Crippen LogP contribution in [-0.4, -0.2) is 22.2 Å². The summed E-state index contributed by atoms with van der Waals surface area (Å²) in [5, 5.41) is 18.0. The predicted octanol–water partition coefficient (Wildman–Crippen LogP) is 5.89. The third kappa shape index (κ3) is 14.5. The second kappa shape index (κ2) is 11.5. The summed E-state index contributed by atoms with van der Waals surface area (Å²) in [6.45, 7) is 6.65. The first kappa shape index (κ1) is 16.4. The molecule has 0 heterocycles. The average Bonchev–Trinajstić information content (AvgIpc) is 2.55. The number of rotatable bonds is 15. The molecule has 0 amide bonds. The Morgan fingerprint density at radius 1 is 0.667 bits per heavy atom. The van der Waals surface area contributed by atoms with Gasteiger partial charge in [0.15, 0.2) is 0 Å². The van der Waals surface area contributed by atoms with Crippen LogP contribution in [0.4, 0.5) is 0 Å². The molecular formula is C20H38O4. The van der Waals surface area contributed by atoms with Gasteiger partial charge >= 0.3 is 11.9 Å². The van der Waals surface area contributed by atoms with Gasteiger partial charge in [0.1, 0.15) is 0 Å². The lowest BCUT2D eigenvalue weighted by Gasteiger charge is -2.22. The van der Waals surface area contributed by atoms with Crippen LogP contribution in [0.25, 0.3) is 0 Å². The molecule has 0 unspecified atom stereocenters. The fourth-order valence-electron chi connectivity index (χ4n) is 2.90. The van der Waals surface area contributed by atoms with Gasteiger partial charge in [-0.2, -0.15) is 0 Å². The molecule has 2 N–H and O–H groups in total. The van der Waals surface area contributed by atoms with E-state index in [1.807, 2.05) is 0 Å². The third-order valence-electron chi connectivity index (χ3n) is 4.24. The van der Waals surface area contributed by atoms with Crippen molar-refractivity contribution in [3.8, 4) is 0 Å². The van der Waals surface area contributed by atoms with E-state index in [1.165, 1.54) is 0 Å². The van der Waals surface area contributed by atoms with E-state index >= 15 is 0 Å². The highest BCUT2D eigenvalue weighted by Gasteiger charge is 2.21. The van der Waals surface area contributed by atoms with Crippen LogP contribution in [0.15, 0.2) is 0 Å². The molecule has 0 rings (SSSR count). The van der Waals surface area contributed by atoms with Crippen molar-refractivity contribution in [2.75, 3.05) is 0 Å². The van der Waals surface area contributed by atoms with Crippen molar-refractivity contribution in [3.63, 3.8) is 0 Å². The topological polar surface area (TPSA) is 74.6 Å². The number of aliphatic carboxylic acids is 2. The minimum absolute atomic E-state index is 0.535. The first-order chi connectivity index (χ1) is 12.6. The zero-order chi connectivity index (χ0) is 22.2. The van der Waals surface area contributed by atoms with E-state index in [0.29, 0.717) is 12.8 Å². The SMILES string of the molecule is [2H]C([2H])(C(=O)O)C(C)(C)CCCCCCCCCCC(C)(C)C([2H])([2H])C(=O)O. The fraction of sp³-hybridized carbons (Fsp3) is 0.900. The lowest BCUT2D eigenvalue weighted by molar-refractivity contribution is -0.140. The summed E-state index contributed by atoms with van der Waals surface area (Å²) in [5.74, 6) is -2.81. The van der Waals surface area contributed by atoms with Crippen molar-refractivity contribution >= 4 is 11.9 Å². The van der Waals surface area contributed by atoms with Crippen molar-refractivity contribution in [1.29, 1.82) is 0 Å². The number of hydrogen-bond acceptors (Lipinski definition) is 2. The molecule has 0 fully saturated rings. The van der Waals surface area contributed by atoms with E-state index in [9.17, 15) is 9.59 Å². The largest absolute Gasteiger partial charge is 0.481 e. The summed E-state index contributed by atoms with van der Waals surface area (Å²) in [6.07, 6.45) is 4.30. The molecule has 142 valence electrons. The second-order valence-electron chi connectivity index (χ2n) is 7.96. The first-order valence-electron chi connectivity index (χ1n) is 11.1. The van der Waals surface area contributed by atoms with E-state index in [4.69, 9.17) is 15.7 Å². The predicted molar refractivity (Wildman–Crippen MR) is 98.2 cm³/mol. The highest BCUT2D eigenvalue weighted by molar-refractivity contribution is 5.67. The van der Waals surface area contributed by atoms with Crippen LogP contribution in [0.2, 0.25) is 0 Å². The number of hydrogen-bond donors (Lipinski definition) is 2. The van der Waals surface area contributed by atoms with Crippen LogP contribution in [0.3, 0.4) is 0 Å². The van der Waals surface area contributed by atoms with Crippen molar-refractivity contribution in [2.24, 2.45) is 10.8 Å². The van der Waals surface area contributed by atoms with E-state index in [-0.39, 0.29) is 0 Å². The Bertz CT molecular complexity index is 470. The molecule has 0 aromatic carbocycles. The van der Waals surface area contributed by atoms with Gasteiger partial charge in [-0.3, -0.25) is 9.59 Å².